The fraction of sp³-hybridized carbons (Fsp3) is 0.333. The van der Waals surface area contributed by atoms with Gasteiger partial charge in [-0.25, -0.2) is 4.79 Å². The van der Waals surface area contributed by atoms with Crippen LogP contribution in [0.1, 0.15) is 18.9 Å². The van der Waals surface area contributed by atoms with Crippen molar-refractivity contribution in [3.8, 4) is 0 Å². The monoisotopic (exact) mass is 221 g/mol. The molecule has 0 aliphatic heterocycles. The topological polar surface area (TPSA) is 66.4 Å². The van der Waals surface area contributed by atoms with Gasteiger partial charge in [-0.2, -0.15) is 0 Å². The molecule has 0 bridgehead atoms. The lowest BCUT2D eigenvalue weighted by Gasteiger charge is -2.13. The maximum atomic E-state index is 11.1. The predicted molar refractivity (Wildman–Crippen MR) is 60.0 cm³/mol. The highest BCUT2D eigenvalue weighted by Gasteiger charge is 2.19. The maximum Gasteiger partial charge on any atom is 0.326 e. The fourth-order valence-corrected chi connectivity index (χ4v) is 1.35. The van der Waals surface area contributed by atoms with Gasteiger partial charge in [-0.05, 0) is 5.56 Å². The van der Waals surface area contributed by atoms with E-state index in [2.05, 4.69) is 5.32 Å². The van der Waals surface area contributed by atoms with E-state index in [0.717, 1.165) is 5.56 Å². The van der Waals surface area contributed by atoms with E-state index in [1.165, 1.54) is 0 Å². The lowest BCUT2D eigenvalue weighted by Crippen LogP contribution is -2.42. The van der Waals surface area contributed by atoms with Crippen molar-refractivity contribution in [2.45, 2.75) is 25.8 Å². The molecule has 0 spiro atoms. The number of carboxylic acid groups (broad SMARTS) is 1. The van der Waals surface area contributed by atoms with Gasteiger partial charge in [0.05, 0.1) is 0 Å². The highest BCUT2D eigenvalue weighted by molar-refractivity contribution is 5.83. The van der Waals surface area contributed by atoms with Gasteiger partial charge >= 0.3 is 5.97 Å². The Morgan fingerprint density at radius 2 is 1.94 bits per heavy atom. The zero-order valence-corrected chi connectivity index (χ0v) is 9.14. The minimum absolute atomic E-state index is 0.247. The molecular formula is C12H15NO3. The van der Waals surface area contributed by atoms with Gasteiger partial charge < -0.3 is 10.4 Å². The first-order valence-electron chi connectivity index (χ1n) is 5.19. The Morgan fingerprint density at radius 1 is 1.31 bits per heavy atom. The zero-order valence-electron chi connectivity index (χ0n) is 9.14. The minimum Gasteiger partial charge on any atom is -0.480 e. The average Bonchev–Trinajstić information content (AvgIpc) is 2.29. The van der Waals surface area contributed by atoms with Crippen LogP contribution in [0.2, 0.25) is 0 Å². The van der Waals surface area contributed by atoms with E-state index in [-0.39, 0.29) is 5.91 Å². The van der Waals surface area contributed by atoms with Gasteiger partial charge in [-0.15, -0.1) is 0 Å². The molecule has 4 nitrogen and oxygen atoms in total. The van der Waals surface area contributed by atoms with Gasteiger partial charge in [0, 0.05) is 12.8 Å². The molecule has 86 valence electrons. The smallest absolute Gasteiger partial charge is 0.326 e. The Balaban J connectivity index is 2.65. The van der Waals surface area contributed by atoms with E-state index in [1.807, 2.05) is 30.3 Å². The summed E-state index contributed by atoms with van der Waals surface area (Å²) in [6.07, 6.45) is 0.598. The van der Waals surface area contributed by atoms with E-state index in [0.29, 0.717) is 12.8 Å². The molecule has 0 saturated carbocycles. The van der Waals surface area contributed by atoms with E-state index < -0.39 is 12.0 Å². The van der Waals surface area contributed by atoms with Crippen molar-refractivity contribution in [3.63, 3.8) is 0 Å². The van der Waals surface area contributed by atoms with Crippen LogP contribution in [0.15, 0.2) is 30.3 Å². The zero-order chi connectivity index (χ0) is 12.0. The molecule has 0 radical (unpaired) electrons. The maximum absolute atomic E-state index is 11.1. The summed E-state index contributed by atoms with van der Waals surface area (Å²) in [6, 6.07) is 8.38. The molecule has 2 N–H and O–H groups in total. The van der Waals surface area contributed by atoms with Crippen molar-refractivity contribution in [1.29, 1.82) is 0 Å². The van der Waals surface area contributed by atoms with Gasteiger partial charge in [-0.3, -0.25) is 4.79 Å². The summed E-state index contributed by atoms with van der Waals surface area (Å²) >= 11 is 0. The van der Waals surface area contributed by atoms with Gasteiger partial charge in [0.1, 0.15) is 6.04 Å². The Bertz CT molecular complexity index is 362. The third-order valence-corrected chi connectivity index (χ3v) is 2.24. The number of benzene rings is 1. The molecule has 1 aromatic rings. The molecule has 4 heteroatoms. The Morgan fingerprint density at radius 3 is 2.44 bits per heavy atom. The first-order valence-corrected chi connectivity index (χ1v) is 5.19. The van der Waals surface area contributed by atoms with Gasteiger partial charge in [0.15, 0.2) is 0 Å². The number of hydrogen-bond acceptors (Lipinski definition) is 2. The summed E-state index contributed by atoms with van der Waals surface area (Å²) in [5.41, 5.74) is 0.895. The van der Waals surface area contributed by atoms with E-state index >= 15 is 0 Å². The summed E-state index contributed by atoms with van der Waals surface area (Å²) in [7, 11) is 0. The lowest BCUT2D eigenvalue weighted by atomic mass is 10.1. The van der Waals surface area contributed by atoms with Crippen molar-refractivity contribution in [1.82, 2.24) is 5.32 Å². The normalized spacial score (nSPS) is 11.8. The summed E-state index contributed by atoms with van der Waals surface area (Å²) in [4.78, 5) is 22.1. The Hall–Kier alpha value is -1.84. The Kier molecular flexibility index (Phi) is 4.51. The van der Waals surface area contributed by atoms with Crippen LogP contribution in [0.4, 0.5) is 0 Å². The molecule has 1 atom stereocenters. The average molecular weight is 221 g/mol. The Labute approximate surface area is 94.3 Å². The van der Waals surface area contributed by atoms with Crippen molar-refractivity contribution in [2.75, 3.05) is 0 Å². The number of carboxylic acids is 1. The summed E-state index contributed by atoms with van der Waals surface area (Å²) < 4.78 is 0. The number of carbonyl (C=O) groups is 2. The second-order valence-corrected chi connectivity index (χ2v) is 3.50. The van der Waals surface area contributed by atoms with Crippen LogP contribution in [0.5, 0.6) is 0 Å². The van der Waals surface area contributed by atoms with Crippen LogP contribution in [0, 0.1) is 0 Å². The first kappa shape index (κ1) is 12.2. The van der Waals surface area contributed by atoms with Crippen LogP contribution in [-0.2, 0) is 16.0 Å². The SMILES string of the molecule is CCC(=O)N[C@@H](Cc1ccccc1)C(=O)O. The van der Waals surface area contributed by atoms with E-state index in [1.54, 1.807) is 6.92 Å². The molecule has 0 aliphatic carbocycles. The molecule has 1 amide bonds. The van der Waals surface area contributed by atoms with Gasteiger partial charge in [0.25, 0.3) is 0 Å². The molecule has 0 aromatic heterocycles. The van der Waals surface area contributed by atoms with E-state index in [4.69, 9.17) is 5.11 Å². The molecule has 0 fully saturated rings. The molecule has 1 rings (SSSR count). The standard InChI is InChI=1S/C12H15NO3/c1-2-11(14)13-10(12(15)16)8-9-6-4-3-5-7-9/h3-7,10H,2,8H2,1H3,(H,13,14)(H,15,16)/t10-/m0/s1. The third-order valence-electron chi connectivity index (χ3n) is 2.24. The molecule has 0 unspecified atom stereocenters. The number of aliphatic carboxylic acids is 1. The van der Waals surface area contributed by atoms with Crippen LogP contribution in [-0.4, -0.2) is 23.0 Å². The van der Waals surface area contributed by atoms with E-state index in [9.17, 15) is 9.59 Å². The molecule has 16 heavy (non-hydrogen) atoms. The van der Waals surface area contributed by atoms with Crippen LogP contribution < -0.4 is 5.32 Å². The van der Waals surface area contributed by atoms with Gasteiger partial charge in [0.2, 0.25) is 5.91 Å². The highest BCUT2D eigenvalue weighted by Crippen LogP contribution is 2.03. The summed E-state index contributed by atoms with van der Waals surface area (Å²) in [5.74, 6) is -1.26. The molecular weight excluding hydrogens is 206 g/mol. The molecule has 0 heterocycles. The lowest BCUT2D eigenvalue weighted by molar-refractivity contribution is -0.141. The number of hydrogen-bond donors (Lipinski definition) is 2. The molecule has 1 aromatic carbocycles. The number of rotatable bonds is 5. The molecule has 0 aliphatic rings. The van der Waals surface area contributed by atoms with Crippen molar-refractivity contribution in [2.24, 2.45) is 0 Å². The van der Waals surface area contributed by atoms with Crippen molar-refractivity contribution < 1.29 is 14.7 Å². The fourth-order valence-electron chi connectivity index (χ4n) is 1.35. The number of nitrogens with one attached hydrogen (secondary N) is 1. The van der Waals surface area contributed by atoms with Crippen molar-refractivity contribution in [3.05, 3.63) is 35.9 Å². The van der Waals surface area contributed by atoms with Crippen LogP contribution in [0.3, 0.4) is 0 Å². The third kappa shape index (κ3) is 3.73. The highest BCUT2D eigenvalue weighted by atomic mass is 16.4. The largest absolute Gasteiger partial charge is 0.480 e. The minimum atomic E-state index is -1.01. The predicted octanol–water partition coefficient (Wildman–Crippen LogP) is 1.21. The second-order valence-electron chi connectivity index (χ2n) is 3.50. The summed E-state index contributed by atoms with van der Waals surface area (Å²) in [6.45, 7) is 1.69. The van der Waals surface area contributed by atoms with Crippen molar-refractivity contribution >= 4 is 11.9 Å². The summed E-state index contributed by atoms with van der Waals surface area (Å²) in [5, 5.41) is 11.4. The van der Waals surface area contributed by atoms with Crippen LogP contribution >= 0.6 is 0 Å². The second kappa shape index (κ2) is 5.90. The first-order chi connectivity index (χ1) is 7.63. The number of amides is 1. The quantitative estimate of drug-likeness (QED) is 0.785. The van der Waals surface area contributed by atoms with Gasteiger partial charge in [-0.1, -0.05) is 37.3 Å². The number of carbonyl (C=O) groups excluding carboxylic acids is 1. The molecule has 0 saturated heterocycles. The van der Waals surface area contributed by atoms with Crippen LogP contribution in [0.25, 0.3) is 0 Å².